The van der Waals surface area contributed by atoms with Crippen LogP contribution in [0.25, 0.3) is 0 Å². The molecular formula is BF3O6S6. The highest BCUT2D eigenvalue weighted by Gasteiger charge is 2.36. The molecule has 0 aliphatic heterocycles. The summed E-state index contributed by atoms with van der Waals surface area (Å²) in [6.45, 7) is 0. The lowest BCUT2D eigenvalue weighted by molar-refractivity contribution is 0.569. The summed E-state index contributed by atoms with van der Waals surface area (Å²) in [6, 6.07) is 0. The van der Waals surface area contributed by atoms with Crippen LogP contribution in [0, 0.1) is 0 Å². The van der Waals surface area contributed by atoms with Gasteiger partial charge in [0.2, 0.25) is 0 Å². The Morgan fingerprint density at radius 2 is 0.812 bits per heavy atom. The average molecular weight is 356 g/mol. The lowest BCUT2D eigenvalue weighted by Crippen LogP contribution is -2.06. The predicted octanol–water partition coefficient (Wildman–Crippen LogP) is 0.814. The Kier molecular flexibility index (Phi) is 5.86. The van der Waals surface area contributed by atoms with Crippen LogP contribution < -0.4 is 0 Å². The van der Waals surface area contributed by atoms with Gasteiger partial charge in [-0.2, -0.15) is 25.3 Å². The summed E-state index contributed by atoms with van der Waals surface area (Å²) in [5.74, 6) is 0. The molecule has 0 rings (SSSR count). The first-order valence-electron chi connectivity index (χ1n) is 2.67. The summed E-state index contributed by atoms with van der Waals surface area (Å²) >= 11 is 0. The van der Waals surface area contributed by atoms with E-state index in [-0.39, 0.29) is 0 Å². The van der Waals surface area contributed by atoms with Crippen molar-refractivity contribution in [1.29, 1.82) is 0 Å². The molecule has 16 heavy (non-hydrogen) atoms. The highest BCUT2D eigenvalue weighted by Crippen LogP contribution is 2.40. The summed E-state index contributed by atoms with van der Waals surface area (Å²) < 4.78 is 94.2. The lowest BCUT2D eigenvalue weighted by atomic mass is 10.7. The van der Waals surface area contributed by atoms with Crippen molar-refractivity contribution >= 4 is 64.2 Å². The number of halogens is 3. The highest BCUT2D eigenvalue weighted by atomic mass is 33.2. The fourth-order valence-corrected chi connectivity index (χ4v) is 11.5. The van der Waals surface area contributed by atoms with Gasteiger partial charge < -0.3 is 0 Å². The van der Waals surface area contributed by atoms with Crippen LogP contribution in [0.1, 0.15) is 0 Å². The maximum atomic E-state index is 12.1. The summed E-state index contributed by atoms with van der Waals surface area (Å²) in [4.78, 5) is 0. The van der Waals surface area contributed by atoms with Gasteiger partial charge in [-0.15, -0.1) is 0 Å². The van der Waals surface area contributed by atoms with Crippen molar-refractivity contribution in [2.75, 3.05) is 0 Å². The molecule has 0 aliphatic carbocycles. The molecule has 0 unspecified atom stereocenters. The maximum Gasteiger partial charge on any atom is 0.401 e. The minimum Gasteiger partial charge on any atom is -0.183 e. The molecule has 0 aromatic carbocycles. The van der Waals surface area contributed by atoms with E-state index in [1.807, 2.05) is 0 Å². The Morgan fingerprint density at radius 1 is 0.625 bits per heavy atom. The molecule has 0 aromatic heterocycles. The first-order valence-corrected chi connectivity index (χ1v) is 11.0. The molecule has 0 fully saturated rings. The van der Waals surface area contributed by atoms with Gasteiger partial charge in [-0.25, -0.2) is 0 Å². The fourth-order valence-electron chi connectivity index (χ4n) is 0.330. The van der Waals surface area contributed by atoms with Crippen molar-refractivity contribution < 1.29 is 36.9 Å². The molecule has 6 nitrogen and oxygen atoms in total. The second-order valence-corrected chi connectivity index (χ2v) is 12.3. The van der Waals surface area contributed by atoms with Crippen molar-refractivity contribution in [2.45, 2.75) is 0 Å². The van der Waals surface area contributed by atoms with Crippen LogP contribution in [0.5, 0.6) is 0 Å². The Bertz CT molecular complexity index is 448. The van der Waals surface area contributed by atoms with Crippen LogP contribution in [0.4, 0.5) is 11.7 Å². The highest BCUT2D eigenvalue weighted by molar-refractivity contribution is 9.14. The van der Waals surface area contributed by atoms with Gasteiger partial charge >= 0.3 is 32.3 Å². The van der Waals surface area contributed by atoms with Crippen molar-refractivity contribution in [3.8, 4) is 0 Å². The van der Waals surface area contributed by atoms with E-state index in [2.05, 4.69) is 0 Å². The zero-order valence-electron chi connectivity index (χ0n) is 6.61. The van der Waals surface area contributed by atoms with E-state index in [1.165, 1.54) is 0 Å². The molecule has 16 heteroatoms. The minimum atomic E-state index is -5.36. The van der Waals surface area contributed by atoms with E-state index in [1.54, 1.807) is 0 Å². The van der Waals surface area contributed by atoms with Crippen LogP contribution in [-0.2, 0) is 27.8 Å². The fraction of sp³-hybridized carbons (Fsp3) is 0. The van der Waals surface area contributed by atoms with E-state index in [0.717, 1.165) is 0 Å². The zero-order chi connectivity index (χ0) is 13.2. The van der Waals surface area contributed by atoms with Gasteiger partial charge in [0.15, 0.2) is 0 Å². The Morgan fingerprint density at radius 3 is 0.938 bits per heavy atom. The molecule has 0 aromatic rings. The summed E-state index contributed by atoms with van der Waals surface area (Å²) in [5.41, 5.74) is 0. The standard InChI is InChI=1S/BF3O6S6/c2-14(5,6)11-1(12-15(3,7)8)13-16(4,9)10. The van der Waals surface area contributed by atoms with Gasteiger partial charge in [0.25, 0.3) is 0 Å². The normalized spacial score (nSPS) is 13.7. The molecule has 0 saturated carbocycles. The molecule has 0 radical (unpaired) electrons. The summed E-state index contributed by atoms with van der Waals surface area (Å²) in [6.07, 6.45) is 0. The van der Waals surface area contributed by atoms with E-state index >= 15 is 0 Å². The Hall–Kier alpha value is 0.755. The Balaban J connectivity index is 4.93. The monoisotopic (exact) mass is 356 g/mol. The van der Waals surface area contributed by atoms with E-state index < -0.39 is 64.2 Å². The molecule has 0 spiro atoms. The lowest BCUT2D eigenvalue weighted by Gasteiger charge is -2.02. The largest absolute Gasteiger partial charge is 0.401 e. The van der Waals surface area contributed by atoms with Gasteiger partial charge in [0.1, 0.15) is 0 Å². The quantitative estimate of drug-likeness (QED) is 0.389. The third-order valence-electron chi connectivity index (χ3n) is 0.581. The molecule has 0 atom stereocenters. The molecule has 0 bridgehead atoms. The van der Waals surface area contributed by atoms with E-state index in [4.69, 9.17) is 0 Å². The Labute approximate surface area is 101 Å². The van der Waals surface area contributed by atoms with Gasteiger partial charge in [0.05, 0.1) is 0 Å². The van der Waals surface area contributed by atoms with E-state index in [9.17, 15) is 36.9 Å². The van der Waals surface area contributed by atoms with Crippen LogP contribution in [0.2, 0.25) is 0 Å². The van der Waals surface area contributed by atoms with Crippen molar-refractivity contribution in [3.63, 3.8) is 0 Å². The van der Waals surface area contributed by atoms with Crippen molar-refractivity contribution in [3.05, 3.63) is 0 Å². The van der Waals surface area contributed by atoms with Crippen molar-refractivity contribution in [2.24, 2.45) is 0 Å². The zero-order valence-corrected chi connectivity index (χ0v) is 11.5. The molecule has 0 aliphatic rings. The molecular weight excluding hydrogens is 356 g/mol. The average Bonchev–Trinajstić information content (AvgIpc) is 1.70. The first-order chi connectivity index (χ1) is 6.79. The molecule has 0 saturated heterocycles. The van der Waals surface area contributed by atoms with Crippen LogP contribution >= 0.6 is 31.9 Å². The predicted molar refractivity (Wildman–Crippen MR) is 58.6 cm³/mol. The SMILES string of the molecule is O=S(=O)(F)SB(SS(=O)(=O)F)SS(=O)(=O)F. The van der Waals surface area contributed by atoms with Crippen molar-refractivity contribution in [1.82, 2.24) is 0 Å². The number of hydrogen-bond donors (Lipinski definition) is 0. The molecule has 0 N–H and O–H groups in total. The summed E-state index contributed by atoms with van der Waals surface area (Å²) in [5, 5.41) is 0. The van der Waals surface area contributed by atoms with E-state index in [0.29, 0.717) is 0 Å². The minimum absolute atomic E-state index is 0.851. The van der Waals surface area contributed by atoms with Crippen LogP contribution in [-0.4, -0.2) is 29.8 Å². The molecule has 0 amide bonds. The maximum absolute atomic E-state index is 12.1. The smallest absolute Gasteiger partial charge is 0.183 e. The topological polar surface area (TPSA) is 102 Å². The third kappa shape index (κ3) is 11.2. The van der Waals surface area contributed by atoms with Gasteiger partial charge in [-0.05, 0) is 31.9 Å². The third-order valence-corrected chi connectivity index (χ3v) is 9.47. The van der Waals surface area contributed by atoms with Crippen LogP contribution in [0.15, 0.2) is 0 Å². The van der Waals surface area contributed by atoms with Gasteiger partial charge in [-0.1, -0.05) is 11.7 Å². The second kappa shape index (κ2) is 5.60. The number of hydrogen-bond acceptors (Lipinski definition) is 9. The number of rotatable bonds is 6. The second-order valence-electron chi connectivity index (χ2n) is 1.76. The first kappa shape index (κ1) is 16.8. The van der Waals surface area contributed by atoms with Gasteiger partial charge in [-0.3, -0.25) is 0 Å². The summed E-state index contributed by atoms with van der Waals surface area (Å²) in [7, 11) is -18.6. The van der Waals surface area contributed by atoms with Gasteiger partial charge in [0, 0.05) is 0 Å². The van der Waals surface area contributed by atoms with Crippen LogP contribution in [0.3, 0.4) is 0 Å². The molecule has 0 heterocycles. The molecule has 96 valence electrons.